The summed E-state index contributed by atoms with van der Waals surface area (Å²) in [5.74, 6) is 0. The van der Waals surface area contributed by atoms with Gasteiger partial charge in [-0.25, -0.2) is 8.42 Å². The zero-order chi connectivity index (χ0) is 23.4. The Balaban J connectivity index is 1.76. The number of hydrogen-bond donors (Lipinski definition) is 0. The van der Waals surface area contributed by atoms with E-state index in [-0.39, 0.29) is 0 Å². The number of rotatable bonds is 8. The van der Waals surface area contributed by atoms with Crippen molar-refractivity contribution in [1.29, 1.82) is 0 Å². The van der Waals surface area contributed by atoms with Gasteiger partial charge in [-0.05, 0) is 37.1 Å². The van der Waals surface area contributed by atoms with Crippen LogP contribution >= 0.6 is 0 Å². The lowest BCUT2D eigenvalue weighted by molar-refractivity contribution is 0.102. The van der Waals surface area contributed by atoms with Crippen LogP contribution < -0.4 is 0 Å². The minimum Gasteiger partial charge on any atom is -0.370 e. The van der Waals surface area contributed by atoms with Crippen LogP contribution in [0.1, 0.15) is 23.7 Å². The molecular weight excluding hydrogens is 432 g/mol. The van der Waals surface area contributed by atoms with Crippen molar-refractivity contribution in [3.8, 4) is 22.4 Å². The van der Waals surface area contributed by atoms with E-state index in [4.69, 9.17) is 9.84 Å². The van der Waals surface area contributed by atoms with Crippen LogP contribution in [0, 0.1) is 6.92 Å². The maximum Gasteiger partial charge on any atom is 0.175 e. The predicted octanol–water partition coefficient (Wildman–Crippen LogP) is 5.67. The van der Waals surface area contributed by atoms with Crippen molar-refractivity contribution >= 4 is 9.84 Å². The van der Waals surface area contributed by atoms with E-state index in [1.165, 1.54) is 11.8 Å². The summed E-state index contributed by atoms with van der Waals surface area (Å²) in [5, 5.41) is 4.90. The fourth-order valence-corrected chi connectivity index (χ4v) is 4.46. The highest BCUT2D eigenvalue weighted by Gasteiger charge is 2.21. The Morgan fingerprint density at radius 1 is 0.848 bits per heavy atom. The molecule has 0 bridgehead atoms. The summed E-state index contributed by atoms with van der Waals surface area (Å²) >= 11 is 0. The van der Waals surface area contributed by atoms with Gasteiger partial charge < -0.3 is 4.74 Å². The smallest absolute Gasteiger partial charge is 0.175 e. The molecule has 0 aliphatic rings. The number of sulfone groups is 1. The predicted molar refractivity (Wildman–Crippen MR) is 132 cm³/mol. The molecule has 3 aromatic carbocycles. The molecule has 0 amide bonds. The summed E-state index contributed by atoms with van der Waals surface area (Å²) in [4.78, 5) is 0.296. The zero-order valence-corrected chi connectivity index (χ0v) is 20.0. The van der Waals surface area contributed by atoms with Crippen LogP contribution in [0.25, 0.3) is 22.4 Å². The first-order chi connectivity index (χ1) is 15.9. The summed E-state index contributed by atoms with van der Waals surface area (Å²) in [6.07, 6.45) is 1.22. The quantitative estimate of drug-likeness (QED) is 0.340. The molecule has 0 saturated heterocycles. The van der Waals surface area contributed by atoms with Gasteiger partial charge in [0.2, 0.25) is 0 Å². The lowest BCUT2D eigenvalue weighted by Gasteiger charge is -2.11. The third-order valence-electron chi connectivity index (χ3n) is 5.60. The second kappa shape index (κ2) is 9.73. The first-order valence-electron chi connectivity index (χ1n) is 11.0. The van der Waals surface area contributed by atoms with E-state index < -0.39 is 9.84 Å². The zero-order valence-electron chi connectivity index (χ0n) is 19.2. The number of aromatic nitrogens is 2. The van der Waals surface area contributed by atoms with E-state index in [9.17, 15) is 8.42 Å². The van der Waals surface area contributed by atoms with Crippen LogP contribution in [0.2, 0.25) is 0 Å². The van der Waals surface area contributed by atoms with Crippen LogP contribution in [0.3, 0.4) is 0 Å². The molecule has 0 radical (unpaired) electrons. The van der Waals surface area contributed by atoms with E-state index in [1.54, 1.807) is 12.1 Å². The van der Waals surface area contributed by atoms with E-state index >= 15 is 0 Å². The minimum absolute atomic E-state index is 0.296. The summed E-state index contributed by atoms with van der Waals surface area (Å²) in [6.45, 7) is 5.75. The van der Waals surface area contributed by atoms with Crippen molar-refractivity contribution < 1.29 is 13.2 Å². The first-order valence-corrected chi connectivity index (χ1v) is 12.8. The van der Waals surface area contributed by atoms with Gasteiger partial charge in [0.15, 0.2) is 9.84 Å². The molecule has 170 valence electrons. The van der Waals surface area contributed by atoms with Crippen LogP contribution in [-0.4, -0.2) is 24.5 Å². The summed E-state index contributed by atoms with van der Waals surface area (Å²) in [5.41, 5.74) is 7.06. The average Bonchev–Trinajstić information content (AvgIpc) is 3.18. The van der Waals surface area contributed by atoms with Crippen molar-refractivity contribution in [2.45, 2.75) is 38.5 Å². The van der Waals surface area contributed by atoms with Gasteiger partial charge in [-0.1, -0.05) is 72.3 Å². The van der Waals surface area contributed by atoms with E-state index in [1.807, 2.05) is 47.1 Å². The molecule has 0 atom stereocenters. The Morgan fingerprint density at radius 3 is 2.09 bits per heavy atom. The third kappa shape index (κ3) is 5.24. The summed E-state index contributed by atoms with van der Waals surface area (Å²) in [7, 11) is -3.26. The molecule has 6 heteroatoms. The van der Waals surface area contributed by atoms with Crippen LogP contribution in [-0.2, 0) is 34.3 Å². The largest absolute Gasteiger partial charge is 0.370 e. The molecule has 33 heavy (non-hydrogen) atoms. The molecule has 1 heterocycles. The third-order valence-corrected chi connectivity index (χ3v) is 6.73. The van der Waals surface area contributed by atoms with Crippen molar-refractivity contribution in [3.63, 3.8) is 0 Å². The standard InChI is InChI=1S/C27H28N2O3S/c1-4-29-25(19-32-18-21-8-6-5-7-9-21)26(22-12-10-20(2)11-13-22)27(28-29)23-14-16-24(17-15-23)33(3,30)31/h5-17H,4,18-19H2,1-3H3. The number of aryl methyl sites for hydroxylation is 2. The maximum absolute atomic E-state index is 11.9. The Morgan fingerprint density at radius 2 is 1.48 bits per heavy atom. The molecule has 0 aliphatic carbocycles. The Kier molecular flexibility index (Phi) is 6.77. The minimum atomic E-state index is -3.26. The second-order valence-electron chi connectivity index (χ2n) is 8.13. The van der Waals surface area contributed by atoms with E-state index in [0.717, 1.165) is 33.6 Å². The molecule has 4 aromatic rings. The monoisotopic (exact) mass is 460 g/mol. The second-order valence-corrected chi connectivity index (χ2v) is 10.1. The van der Waals surface area contributed by atoms with E-state index in [0.29, 0.717) is 24.7 Å². The molecule has 5 nitrogen and oxygen atoms in total. The molecule has 0 fully saturated rings. The van der Waals surface area contributed by atoms with Gasteiger partial charge in [-0.15, -0.1) is 0 Å². The van der Waals surface area contributed by atoms with Gasteiger partial charge in [0.1, 0.15) is 5.69 Å². The molecule has 1 aromatic heterocycles. The molecule has 0 saturated carbocycles. The van der Waals surface area contributed by atoms with Crippen LogP contribution in [0.5, 0.6) is 0 Å². The Labute approximate surface area is 195 Å². The molecule has 0 N–H and O–H groups in total. The number of benzene rings is 3. The number of ether oxygens (including phenoxy) is 1. The fourth-order valence-electron chi connectivity index (χ4n) is 3.83. The van der Waals surface area contributed by atoms with Gasteiger partial charge >= 0.3 is 0 Å². The Hall–Kier alpha value is -3.22. The highest BCUT2D eigenvalue weighted by Crippen LogP contribution is 2.36. The first kappa shape index (κ1) is 23.0. The Bertz CT molecular complexity index is 1320. The highest BCUT2D eigenvalue weighted by molar-refractivity contribution is 7.90. The summed E-state index contributed by atoms with van der Waals surface area (Å²) in [6, 6.07) is 25.4. The molecule has 0 unspecified atom stereocenters. The number of hydrogen-bond acceptors (Lipinski definition) is 4. The van der Waals surface area contributed by atoms with Crippen molar-refractivity contribution in [2.75, 3.05) is 6.26 Å². The molecule has 0 aliphatic heterocycles. The van der Waals surface area contributed by atoms with Gasteiger partial charge in [-0.3, -0.25) is 4.68 Å². The molecule has 4 rings (SSSR count). The normalized spacial score (nSPS) is 11.6. The van der Waals surface area contributed by atoms with Crippen LogP contribution in [0.15, 0.2) is 83.8 Å². The molecular formula is C27H28N2O3S. The fraction of sp³-hybridized carbons (Fsp3) is 0.222. The highest BCUT2D eigenvalue weighted by atomic mass is 32.2. The molecule has 0 spiro atoms. The topological polar surface area (TPSA) is 61.2 Å². The van der Waals surface area contributed by atoms with Crippen molar-refractivity contribution in [3.05, 3.63) is 95.7 Å². The maximum atomic E-state index is 11.9. The van der Waals surface area contributed by atoms with Crippen molar-refractivity contribution in [2.24, 2.45) is 0 Å². The van der Waals surface area contributed by atoms with Gasteiger partial charge in [0.25, 0.3) is 0 Å². The van der Waals surface area contributed by atoms with Gasteiger partial charge in [-0.2, -0.15) is 5.10 Å². The lowest BCUT2D eigenvalue weighted by atomic mass is 9.98. The van der Waals surface area contributed by atoms with Gasteiger partial charge in [0, 0.05) is 23.9 Å². The van der Waals surface area contributed by atoms with E-state index in [2.05, 4.69) is 38.1 Å². The summed E-state index contributed by atoms with van der Waals surface area (Å²) < 4.78 is 31.9. The average molecular weight is 461 g/mol. The number of nitrogens with zero attached hydrogens (tertiary/aromatic N) is 2. The van der Waals surface area contributed by atoms with Crippen molar-refractivity contribution in [1.82, 2.24) is 9.78 Å². The lowest BCUT2D eigenvalue weighted by Crippen LogP contribution is -2.05. The SMILES string of the molecule is CCn1nc(-c2ccc(S(C)(=O)=O)cc2)c(-c2ccc(C)cc2)c1COCc1ccccc1. The van der Waals surface area contributed by atoms with Gasteiger partial charge in [0.05, 0.1) is 23.8 Å². The van der Waals surface area contributed by atoms with Crippen LogP contribution in [0.4, 0.5) is 0 Å².